The minimum atomic E-state index is -0.863. The van der Waals surface area contributed by atoms with Crippen molar-refractivity contribution in [3.8, 4) is 0 Å². The summed E-state index contributed by atoms with van der Waals surface area (Å²) in [5.41, 5.74) is 0.0493. The van der Waals surface area contributed by atoms with Crippen LogP contribution in [0, 0.1) is 15.9 Å². The van der Waals surface area contributed by atoms with Crippen molar-refractivity contribution in [1.29, 1.82) is 0 Å². The first-order chi connectivity index (χ1) is 8.99. The number of halogens is 2. The molecule has 0 unspecified atom stereocenters. The predicted molar refractivity (Wildman–Crippen MR) is 63.0 cm³/mol. The predicted octanol–water partition coefficient (Wildman–Crippen LogP) is 2.05. The molecule has 0 saturated heterocycles. The summed E-state index contributed by atoms with van der Waals surface area (Å²) in [4.78, 5) is 13.4. The maximum absolute atomic E-state index is 13.5. The van der Waals surface area contributed by atoms with E-state index in [0.29, 0.717) is 4.73 Å². The molecule has 0 aliphatic heterocycles. The Morgan fingerprint density at radius 2 is 2.26 bits per heavy atom. The lowest BCUT2D eigenvalue weighted by molar-refractivity contribution is -0.894. The second-order valence-electron chi connectivity index (χ2n) is 3.47. The molecule has 1 heterocycles. The van der Waals surface area contributed by atoms with Crippen LogP contribution in [-0.2, 0) is 0 Å². The van der Waals surface area contributed by atoms with E-state index >= 15 is 0 Å². The fourth-order valence-electron chi connectivity index (χ4n) is 1.37. The van der Waals surface area contributed by atoms with Gasteiger partial charge >= 0.3 is 11.1 Å². The SMILES string of the molecule is O=[N+]([O-])c1cccc(Nc2c(F)cnc(Cl)[n+]2O)c1. The zero-order valence-electron chi connectivity index (χ0n) is 9.25. The molecular weight excluding hydrogens is 279 g/mol. The first kappa shape index (κ1) is 13.0. The van der Waals surface area contributed by atoms with Gasteiger partial charge in [0.1, 0.15) is 11.9 Å². The van der Waals surface area contributed by atoms with Crippen molar-refractivity contribution in [1.82, 2.24) is 4.98 Å². The molecule has 0 radical (unpaired) electrons. The van der Waals surface area contributed by atoms with Crippen LogP contribution in [0.2, 0.25) is 5.28 Å². The van der Waals surface area contributed by atoms with Crippen LogP contribution < -0.4 is 10.0 Å². The van der Waals surface area contributed by atoms with Gasteiger partial charge in [0.25, 0.3) is 5.69 Å². The standard InChI is InChI=1S/C10H6ClFN4O3/c11-10-13-5-8(12)9(15(10)17)14-6-2-1-3-7(4-6)16(18)19/h1-5,17H/p+1. The molecule has 1 aromatic carbocycles. The second-order valence-corrected chi connectivity index (χ2v) is 3.81. The summed E-state index contributed by atoms with van der Waals surface area (Å²) in [5.74, 6) is -1.24. The smallest absolute Gasteiger partial charge is 0.370 e. The van der Waals surface area contributed by atoms with Gasteiger partial charge < -0.3 is 5.21 Å². The number of anilines is 2. The minimum absolute atomic E-state index is 0.171. The number of nitrogens with one attached hydrogen (secondary N) is 1. The third-order valence-electron chi connectivity index (χ3n) is 2.22. The molecule has 2 rings (SSSR count). The summed E-state index contributed by atoms with van der Waals surface area (Å²) < 4.78 is 13.8. The van der Waals surface area contributed by atoms with Gasteiger partial charge in [-0.15, -0.1) is 0 Å². The van der Waals surface area contributed by atoms with Gasteiger partial charge in [0, 0.05) is 6.07 Å². The van der Waals surface area contributed by atoms with Crippen LogP contribution >= 0.6 is 11.6 Å². The van der Waals surface area contributed by atoms with Gasteiger partial charge in [-0.05, 0) is 22.4 Å². The Balaban J connectivity index is 2.39. The zero-order chi connectivity index (χ0) is 14.0. The van der Waals surface area contributed by atoms with Crippen LogP contribution in [0.4, 0.5) is 21.6 Å². The van der Waals surface area contributed by atoms with Gasteiger partial charge in [-0.25, -0.2) is 0 Å². The van der Waals surface area contributed by atoms with Crippen molar-refractivity contribution in [2.45, 2.75) is 0 Å². The molecule has 0 atom stereocenters. The van der Waals surface area contributed by atoms with E-state index in [1.807, 2.05) is 0 Å². The average molecular weight is 286 g/mol. The van der Waals surface area contributed by atoms with Crippen molar-refractivity contribution in [3.05, 3.63) is 51.7 Å². The Morgan fingerprint density at radius 3 is 2.95 bits per heavy atom. The third kappa shape index (κ3) is 2.68. The quantitative estimate of drug-likeness (QED) is 0.296. The fourth-order valence-corrected chi connectivity index (χ4v) is 1.50. The summed E-state index contributed by atoms with van der Waals surface area (Å²) in [6.45, 7) is 0. The van der Waals surface area contributed by atoms with Gasteiger partial charge in [-0.2, -0.15) is 4.39 Å². The molecule has 0 bridgehead atoms. The van der Waals surface area contributed by atoms with Crippen molar-refractivity contribution >= 4 is 28.8 Å². The summed E-state index contributed by atoms with van der Waals surface area (Å²) in [7, 11) is 0. The van der Waals surface area contributed by atoms with E-state index in [1.54, 1.807) is 0 Å². The monoisotopic (exact) mass is 285 g/mol. The Labute approximate surface area is 111 Å². The lowest BCUT2D eigenvalue weighted by Gasteiger charge is -2.04. The molecule has 9 heteroatoms. The number of hydrogen-bond acceptors (Lipinski definition) is 5. The highest BCUT2D eigenvalue weighted by Gasteiger charge is 2.20. The van der Waals surface area contributed by atoms with E-state index < -0.39 is 10.7 Å². The average Bonchev–Trinajstić information content (AvgIpc) is 2.39. The second kappa shape index (κ2) is 5.02. The van der Waals surface area contributed by atoms with E-state index in [2.05, 4.69) is 10.3 Å². The molecule has 98 valence electrons. The van der Waals surface area contributed by atoms with Crippen LogP contribution in [-0.4, -0.2) is 15.1 Å². The van der Waals surface area contributed by atoms with E-state index in [-0.39, 0.29) is 22.5 Å². The molecule has 0 spiro atoms. The van der Waals surface area contributed by atoms with Gasteiger partial charge in [0.05, 0.1) is 11.0 Å². The molecule has 7 nitrogen and oxygen atoms in total. The van der Waals surface area contributed by atoms with Crippen LogP contribution in [0.3, 0.4) is 0 Å². The van der Waals surface area contributed by atoms with Crippen molar-refractivity contribution in [2.24, 2.45) is 0 Å². The lowest BCUT2D eigenvalue weighted by atomic mass is 10.3. The largest absolute Gasteiger partial charge is 0.372 e. The molecule has 0 saturated carbocycles. The Bertz CT molecular complexity index is 653. The first-order valence-electron chi connectivity index (χ1n) is 4.96. The highest BCUT2D eigenvalue weighted by atomic mass is 35.5. The Morgan fingerprint density at radius 1 is 1.53 bits per heavy atom. The third-order valence-corrected chi connectivity index (χ3v) is 2.47. The molecule has 0 amide bonds. The molecule has 2 N–H and O–H groups in total. The molecule has 0 aliphatic carbocycles. The molecule has 1 aromatic heterocycles. The summed E-state index contributed by atoms with van der Waals surface area (Å²) in [6.07, 6.45) is 0.814. The molecular formula is C10H7ClFN4O3+. The highest BCUT2D eigenvalue weighted by Crippen LogP contribution is 2.21. The van der Waals surface area contributed by atoms with Crippen molar-refractivity contribution < 1.29 is 19.3 Å². The number of rotatable bonds is 3. The van der Waals surface area contributed by atoms with Crippen LogP contribution in [0.25, 0.3) is 0 Å². The topological polar surface area (TPSA) is 92.2 Å². The lowest BCUT2D eigenvalue weighted by Crippen LogP contribution is -2.36. The maximum atomic E-state index is 13.5. The molecule has 0 fully saturated rings. The summed E-state index contributed by atoms with van der Waals surface area (Å²) in [6, 6.07) is 5.37. The van der Waals surface area contributed by atoms with Gasteiger partial charge in [-0.3, -0.25) is 15.4 Å². The molecule has 19 heavy (non-hydrogen) atoms. The van der Waals surface area contributed by atoms with Gasteiger partial charge in [0.2, 0.25) is 5.82 Å². The maximum Gasteiger partial charge on any atom is 0.372 e. The normalized spacial score (nSPS) is 10.2. The number of nitrogens with zero attached hydrogens (tertiary/aromatic N) is 3. The van der Waals surface area contributed by atoms with Crippen LogP contribution in [0.15, 0.2) is 30.5 Å². The fraction of sp³-hybridized carbons (Fsp3) is 0. The summed E-state index contributed by atoms with van der Waals surface area (Å²) >= 11 is 5.52. The minimum Gasteiger partial charge on any atom is -0.370 e. The van der Waals surface area contributed by atoms with Gasteiger partial charge in [-0.1, -0.05) is 11.1 Å². The zero-order valence-corrected chi connectivity index (χ0v) is 10.0. The van der Waals surface area contributed by atoms with Crippen molar-refractivity contribution in [3.63, 3.8) is 0 Å². The Kier molecular flexibility index (Phi) is 3.43. The first-order valence-corrected chi connectivity index (χ1v) is 5.33. The number of non-ortho nitro benzene ring substituents is 1. The highest BCUT2D eigenvalue weighted by molar-refractivity contribution is 6.27. The summed E-state index contributed by atoms with van der Waals surface area (Å²) in [5, 5.41) is 22.2. The Hall–Kier alpha value is -2.48. The number of benzene rings is 1. The van der Waals surface area contributed by atoms with E-state index in [4.69, 9.17) is 11.6 Å². The molecule has 0 aliphatic rings. The van der Waals surface area contributed by atoms with Crippen LogP contribution in [0.5, 0.6) is 0 Å². The number of hydrogen-bond donors (Lipinski definition) is 2. The molecule has 2 aromatic rings. The van der Waals surface area contributed by atoms with Crippen molar-refractivity contribution in [2.75, 3.05) is 5.32 Å². The number of nitro groups is 1. The van der Waals surface area contributed by atoms with E-state index in [0.717, 1.165) is 6.20 Å². The number of aromatic nitrogens is 2. The number of nitro benzene ring substituents is 1. The van der Waals surface area contributed by atoms with Crippen LogP contribution in [0.1, 0.15) is 0 Å². The van der Waals surface area contributed by atoms with Gasteiger partial charge in [0.15, 0.2) is 0 Å². The van der Waals surface area contributed by atoms with E-state index in [1.165, 1.54) is 24.3 Å². The van der Waals surface area contributed by atoms with E-state index in [9.17, 15) is 19.7 Å².